The summed E-state index contributed by atoms with van der Waals surface area (Å²) in [6.45, 7) is 0. The third-order valence-electron chi connectivity index (χ3n) is 0.741. The second-order valence-corrected chi connectivity index (χ2v) is 1.49. The van der Waals surface area contributed by atoms with Crippen molar-refractivity contribution in [3.8, 4) is 0 Å². The molecule has 0 saturated heterocycles. The van der Waals surface area contributed by atoms with E-state index in [0.29, 0.717) is 0 Å². The van der Waals surface area contributed by atoms with Gasteiger partial charge in [-0.3, -0.25) is 4.98 Å². The Hall–Kier alpha value is -1.58. The van der Waals surface area contributed by atoms with E-state index in [0.717, 1.165) is 7.11 Å². The van der Waals surface area contributed by atoms with E-state index in [1.165, 1.54) is 0 Å². The van der Waals surface area contributed by atoms with Crippen molar-refractivity contribution in [1.29, 1.82) is 0 Å². The summed E-state index contributed by atoms with van der Waals surface area (Å²) in [4.78, 5) is 12.9. The fourth-order valence-corrected chi connectivity index (χ4v) is 0.313. The molecule has 0 saturated carbocycles. The standard InChI is InChI=1S/C5H5N.C2H4O3/c1-2-4-6-5-3-1;1-5-2(3)4/h1-5H;1H3,(H,3,4). The summed E-state index contributed by atoms with van der Waals surface area (Å²) in [6, 6.07) is 5.72. The minimum Gasteiger partial charge on any atom is -0.450 e. The molecule has 0 radical (unpaired) electrons. The van der Waals surface area contributed by atoms with Crippen molar-refractivity contribution < 1.29 is 14.6 Å². The molecule has 0 aliphatic heterocycles. The lowest BCUT2D eigenvalue weighted by Gasteiger charge is -1.79. The predicted molar refractivity (Wildman–Crippen MR) is 39.3 cm³/mol. The first-order valence-corrected chi connectivity index (χ1v) is 2.89. The number of carbonyl (C=O) groups is 1. The van der Waals surface area contributed by atoms with Crippen molar-refractivity contribution in [2.75, 3.05) is 7.11 Å². The van der Waals surface area contributed by atoms with Crippen LogP contribution in [0.15, 0.2) is 30.6 Å². The van der Waals surface area contributed by atoms with Crippen LogP contribution in [0, 0.1) is 0 Å². The number of rotatable bonds is 0. The summed E-state index contributed by atoms with van der Waals surface area (Å²) >= 11 is 0. The average molecular weight is 155 g/mol. The minimum atomic E-state index is -1.25. The molecule has 1 aromatic rings. The molecule has 0 aliphatic carbocycles. The largest absolute Gasteiger partial charge is 0.505 e. The molecule has 1 heterocycles. The Morgan fingerprint density at radius 3 is 1.91 bits per heavy atom. The van der Waals surface area contributed by atoms with Gasteiger partial charge in [0.1, 0.15) is 0 Å². The summed E-state index contributed by atoms with van der Waals surface area (Å²) in [5.74, 6) is 0. The zero-order valence-electron chi connectivity index (χ0n) is 6.10. The Bertz CT molecular complexity index is 161. The highest BCUT2D eigenvalue weighted by Gasteiger charge is 1.80. The lowest BCUT2D eigenvalue weighted by molar-refractivity contribution is 0.114. The van der Waals surface area contributed by atoms with Gasteiger partial charge in [-0.15, -0.1) is 0 Å². The van der Waals surface area contributed by atoms with Gasteiger partial charge in [-0.05, 0) is 12.1 Å². The first-order chi connectivity index (χ1) is 5.27. The van der Waals surface area contributed by atoms with E-state index >= 15 is 0 Å². The van der Waals surface area contributed by atoms with Crippen LogP contribution in [-0.2, 0) is 4.74 Å². The molecule has 4 heteroatoms. The van der Waals surface area contributed by atoms with Crippen LogP contribution in [0.25, 0.3) is 0 Å². The maximum absolute atomic E-state index is 9.15. The Kier molecular flexibility index (Phi) is 5.60. The van der Waals surface area contributed by atoms with Crippen LogP contribution >= 0.6 is 0 Å². The van der Waals surface area contributed by atoms with Gasteiger partial charge in [0, 0.05) is 12.4 Å². The summed E-state index contributed by atoms with van der Waals surface area (Å²) in [7, 11) is 1.10. The number of aromatic nitrogens is 1. The van der Waals surface area contributed by atoms with Crippen LogP contribution < -0.4 is 0 Å². The Morgan fingerprint density at radius 1 is 1.36 bits per heavy atom. The molecule has 0 unspecified atom stereocenters. The van der Waals surface area contributed by atoms with Gasteiger partial charge in [-0.25, -0.2) is 4.79 Å². The predicted octanol–water partition coefficient (Wildman–Crippen LogP) is 1.39. The number of methoxy groups -OCH3 is 1. The third kappa shape index (κ3) is 8.42. The fraction of sp³-hybridized carbons (Fsp3) is 0.143. The number of hydrogen-bond acceptors (Lipinski definition) is 3. The molecule has 1 rings (SSSR count). The van der Waals surface area contributed by atoms with E-state index in [1.807, 2.05) is 18.2 Å². The van der Waals surface area contributed by atoms with Crippen LogP contribution in [0.2, 0.25) is 0 Å². The molecule has 0 spiro atoms. The van der Waals surface area contributed by atoms with Crippen molar-refractivity contribution in [2.45, 2.75) is 0 Å². The molecule has 0 fully saturated rings. The zero-order valence-corrected chi connectivity index (χ0v) is 6.10. The van der Waals surface area contributed by atoms with Gasteiger partial charge in [-0.1, -0.05) is 6.07 Å². The number of nitrogens with zero attached hydrogens (tertiary/aromatic N) is 1. The first-order valence-electron chi connectivity index (χ1n) is 2.89. The average Bonchev–Trinajstić information content (AvgIpc) is 2.09. The van der Waals surface area contributed by atoms with E-state index in [9.17, 15) is 0 Å². The molecule has 60 valence electrons. The molecule has 1 N–H and O–H groups in total. The second-order valence-electron chi connectivity index (χ2n) is 1.49. The number of carboxylic acid groups (broad SMARTS) is 1. The van der Waals surface area contributed by atoms with E-state index < -0.39 is 6.16 Å². The molecular formula is C7H9NO3. The molecule has 0 amide bonds. The highest BCUT2D eigenvalue weighted by Crippen LogP contribution is 1.73. The van der Waals surface area contributed by atoms with E-state index in [-0.39, 0.29) is 0 Å². The SMILES string of the molecule is COC(=O)O.c1ccncc1. The van der Waals surface area contributed by atoms with Crippen molar-refractivity contribution in [2.24, 2.45) is 0 Å². The molecule has 0 atom stereocenters. The van der Waals surface area contributed by atoms with Crippen molar-refractivity contribution in [1.82, 2.24) is 4.98 Å². The summed E-state index contributed by atoms with van der Waals surface area (Å²) in [5.41, 5.74) is 0. The molecule has 11 heavy (non-hydrogen) atoms. The Labute approximate surface area is 64.5 Å². The molecular weight excluding hydrogens is 146 g/mol. The lowest BCUT2D eigenvalue weighted by atomic mass is 10.5. The van der Waals surface area contributed by atoms with Crippen molar-refractivity contribution in [3.05, 3.63) is 30.6 Å². The van der Waals surface area contributed by atoms with Gasteiger partial charge in [0.2, 0.25) is 0 Å². The van der Waals surface area contributed by atoms with Crippen LogP contribution in [0.1, 0.15) is 0 Å². The fourth-order valence-electron chi connectivity index (χ4n) is 0.313. The minimum absolute atomic E-state index is 1.10. The summed E-state index contributed by atoms with van der Waals surface area (Å²) in [5, 5.41) is 7.50. The van der Waals surface area contributed by atoms with Crippen molar-refractivity contribution in [3.63, 3.8) is 0 Å². The Balaban J connectivity index is 0.000000187. The number of ether oxygens (including phenoxy) is 1. The van der Waals surface area contributed by atoms with Crippen molar-refractivity contribution >= 4 is 6.16 Å². The van der Waals surface area contributed by atoms with E-state index in [1.54, 1.807) is 12.4 Å². The monoisotopic (exact) mass is 155 g/mol. The first kappa shape index (κ1) is 9.42. The van der Waals surface area contributed by atoms with Gasteiger partial charge in [0.25, 0.3) is 0 Å². The van der Waals surface area contributed by atoms with Crippen LogP contribution in [0.3, 0.4) is 0 Å². The third-order valence-corrected chi connectivity index (χ3v) is 0.741. The van der Waals surface area contributed by atoms with Crippen LogP contribution in [0.5, 0.6) is 0 Å². The molecule has 0 aromatic carbocycles. The summed E-state index contributed by atoms with van der Waals surface area (Å²) < 4.78 is 3.67. The van der Waals surface area contributed by atoms with E-state index in [4.69, 9.17) is 9.90 Å². The van der Waals surface area contributed by atoms with Gasteiger partial charge in [0.15, 0.2) is 0 Å². The zero-order chi connectivity index (χ0) is 8.53. The molecule has 1 aromatic heterocycles. The van der Waals surface area contributed by atoms with E-state index in [2.05, 4.69) is 9.72 Å². The molecule has 0 aliphatic rings. The number of hydrogen-bond donors (Lipinski definition) is 1. The topological polar surface area (TPSA) is 59.4 Å². The van der Waals surface area contributed by atoms with Crippen LogP contribution in [-0.4, -0.2) is 23.4 Å². The van der Waals surface area contributed by atoms with Gasteiger partial charge < -0.3 is 9.84 Å². The summed E-state index contributed by atoms with van der Waals surface area (Å²) in [6.07, 6.45) is 2.25. The highest BCUT2D eigenvalue weighted by molar-refractivity contribution is 5.56. The van der Waals surface area contributed by atoms with Gasteiger partial charge in [0.05, 0.1) is 7.11 Å². The maximum atomic E-state index is 9.15. The normalized spacial score (nSPS) is 7.36. The second kappa shape index (κ2) is 6.54. The van der Waals surface area contributed by atoms with Gasteiger partial charge >= 0.3 is 6.16 Å². The van der Waals surface area contributed by atoms with Gasteiger partial charge in [-0.2, -0.15) is 0 Å². The highest BCUT2D eigenvalue weighted by atomic mass is 16.6. The molecule has 4 nitrogen and oxygen atoms in total. The smallest absolute Gasteiger partial charge is 0.450 e. The number of pyridine rings is 1. The quantitative estimate of drug-likeness (QED) is 0.575. The lowest BCUT2D eigenvalue weighted by Crippen LogP contribution is -1.91. The Morgan fingerprint density at radius 2 is 1.82 bits per heavy atom. The molecule has 0 bridgehead atoms. The van der Waals surface area contributed by atoms with Crippen LogP contribution in [0.4, 0.5) is 4.79 Å². The maximum Gasteiger partial charge on any atom is 0.505 e.